The van der Waals surface area contributed by atoms with Crippen LogP contribution >= 0.6 is 11.3 Å². The SMILES string of the molecule is CCc1nnc(NC(=O)CNS(=O)(=O)c2ccc(C)cc2)s1. The zero-order valence-electron chi connectivity index (χ0n) is 12.2. The van der Waals surface area contributed by atoms with Crippen LogP contribution in [0, 0.1) is 6.92 Å². The first-order chi connectivity index (χ1) is 10.4. The quantitative estimate of drug-likeness (QED) is 0.826. The molecule has 1 aromatic heterocycles. The van der Waals surface area contributed by atoms with E-state index in [9.17, 15) is 13.2 Å². The molecule has 0 saturated carbocycles. The fourth-order valence-electron chi connectivity index (χ4n) is 1.57. The molecule has 2 rings (SSSR count). The van der Waals surface area contributed by atoms with Crippen molar-refractivity contribution in [2.45, 2.75) is 25.2 Å². The Morgan fingerprint density at radius 3 is 2.50 bits per heavy atom. The predicted molar refractivity (Wildman–Crippen MR) is 84.3 cm³/mol. The van der Waals surface area contributed by atoms with Crippen molar-refractivity contribution >= 4 is 32.4 Å². The third kappa shape index (κ3) is 4.33. The summed E-state index contributed by atoms with van der Waals surface area (Å²) < 4.78 is 26.3. The molecule has 0 aliphatic carbocycles. The minimum absolute atomic E-state index is 0.120. The van der Waals surface area contributed by atoms with E-state index >= 15 is 0 Å². The van der Waals surface area contributed by atoms with Gasteiger partial charge in [-0.05, 0) is 25.5 Å². The Hall–Kier alpha value is -1.84. The van der Waals surface area contributed by atoms with Gasteiger partial charge in [0.2, 0.25) is 21.1 Å². The number of carbonyl (C=O) groups is 1. The Morgan fingerprint density at radius 2 is 1.91 bits per heavy atom. The van der Waals surface area contributed by atoms with Crippen LogP contribution in [0.4, 0.5) is 5.13 Å². The lowest BCUT2D eigenvalue weighted by molar-refractivity contribution is -0.115. The molecule has 9 heteroatoms. The molecule has 0 saturated heterocycles. The number of amides is 1. The standard InChI is InChI=1S/C13H16N4O3S2/c1-3-12-16-17-13(21-12)15-11(18)8-14-22(19,20)10-6-4-9(2)5-7-10/h4-7,14H,3,8H2,1-2H3,(H,15,17,18). The molecule has 1 aromatic carbocycles. The molecule has 0 unspecified atom stereocenters. The number of hydrogen-bond acceptors (Lipinski definition) is 6. The highest BCUT2D eigenvalue weighted by Gasteiger charge is 2.16. The molecule has 1 amide bonds. The van der Waals surface area contributed by atoms with E-state index in [1.165, 1.54) is 23.5 Å². The van der Waals surface area contributed by atoms with E-state index in [0.29, 0.717) is 5.13 Å². The van der Waals surface area contributed by atoms with Crippen molar-refractivity contribution in [2.24, 2.45) is 0 Å². The second-order valence-electron chi connectivity index (χ2n) is 4.54. The highest BCUT2D eigenvalue weighted by Crippen LogP contribution is 2.15. The molecule has 0 fully saturated rings. The van der Waals surface area contributed by atoms with E-state index in [1.54, 1.807) is 12.1 Å². The maximum Gasteiger partial charge on any atom is 0.241 e. The molecule has 0 radical (unpaired) electrons. The summed E-state index contributed by atoms with van der Waals surface area (Å²) in [6, 6.07) is 6.38. The number of carbonyl (C=O) groups excluding carboxylic acids is 1. The molecule has 0 aliphatic rings. The summed E-state index contributed by atoms with van der Waals surface area (Å²) in [6.45, 7) is 3.43. The first kappa shape index (κ1) is 16.5. The molecule has 2 N–H and O–H groups in total. The van der Waals surface area contributed by atoms with Crippen LogP contribution in [0.25, 0.3) is 0 Å². The summed E-state index contributed by atoms with van der Waals surface area (Å²) in [5.74, 6) is -0.491. The first-order valence-electron chi connectivity index (χ1n) is 6.59. The van der Waals surface area contributed by atoms with Crippen LogP contribution in [0.3, 0.4) is 0 Å². The van der Waals surface area contributed by atoms with Crippen LogP contribution in [0.1, 0.15) is 17.5 Å². The van der Waals surface area contributed by atoms with Crippen LogP contribution in [-0.2, 0) is 21.2 Å². The van der Waals surface area contributed by atoms with Crippen molar-refractivity contribution < 1.29 is 13.2 Å². The molecule has 0 bridgehead atoms. The highest BCUT2D eigenvalue weighted by atomic mass is 32.2. The Balaban J connectivity index is 1.93. The Morgan fingerprint density at radius 1 is 1.23 bits per heavy atom. The topological polar surface area (TPSA) is 101 Å². The lowest BCUT2D eigenvalue weighted by atomic mass is 10.2. The largest absolute Gasteiger partial charge is 0.299 e. The number of aromatic nitrogens is 2. The van der Waals surface area contributed by atoms with Crippen LogP contribution < -0.4 is 10.0 Å². The zero-order chi connectivity index (χ0) is 16.2. The van der Waals surface area contributed by atoms with Gasteiger partial charge in [-0.3, -0.25) is 10.1 Å². The maximum absolute atomic E-state index is 12.0. The normalized spacial score (nSPS) is 11.4. The zero-order valence-corrected chi connectivity index (χ0v) is 13.8. The van der Waals surface area contributed by atoms with Gasteiger partial charge in [0, 0.05) is 0 Å². The molecule has 7 nitrogen and oxygen atoms in total. The minimum Gasteiger partial charge on any atom is -0.299 e. The monoisotopic (exact) mass is 340 g/mol. The Labute approximate surface area is 132 Å². The number of rotatable bonds is 6. The second kappa shape index (κ2) is 6.95. The van der Waals surface area contributed by atoms with Crippen LogP contribution in [0.2, 0.25) is 0 Å². The molecule has 0 spiro atoms. The molecule has 22 heavy (non-hydrogen) atoms. The van der Waals surface area contributed by atoms with Crippen molar-refractivity contribution in [1.82, 2.24) is 14.9 Å². The number of nitrogens with one attached hydrogen (secondary N) is 2. The fourth-order valence-corrected chi connectivity index (χ4v) is 3.25. The van der Waals surface area contributed by atoms with Crippen molar-refractivity contribution in [3.63, 3.8) is 0 Å². The number of anilines is 1. The second-order valence-corrected chi connectivity index (χ2v) is 7.37. The average molecular weight is 340 g/mol. The van der Waals surface area contributed by atoms with Crippen LogP contribution in [0.5, 0.6) is 0 Å². The van der Waals surface area contributed by atoms with Crippen molar-refractivity contribution in [1.29, 1.82) is 0 Å². The Bertz CT molecular complexity index is 754. The van der Waals surface area contributed by atoms with E-state index in [-0.39, 0.29) is 11.4 Å². The van der Waals surface area contributed by atoms with E-state index < -0.39 is 15.9 Å². The van der Waals surface area contributed by atoms with Gasteiger partial charge in [-0.2, -0.15) is 0 Å². The van der Waals surface area contributed by atoms with E-state index in [2.05, 4.69) is 20.2 Å². The van der Waals surface area contributed by atoms with Gasteiger partial charge in [-0.25, -0.2) is 13.1 Å². The number of hydrogen-bond donors (Lipinski definition) is 2. The van der Waals surface area contributed by atoms with Gasteiger partial charge in [-0.15, -0.1) is 10.2 Å². The van der Waals surface area contributed by atoms with E-state index in [0.717, 1.165) is 17.0 Å². The minimum atomic E-state index is -3.71. The third-order valence-electron chi connectivity index (χ3n) is 2.77. The van der Waals surface area contributed by atoms with Gasteiger partial charge in [0.15, 0.2) is 0 Å². The summed E-state index contributed by atoms with van der Waals surface area (Å²) in [6.07, 6.45) is 0.730. The number of aryl methyl sites for hydroxylation is 2. The smallest absolute Gasteiger partial charge is 0.241 e. The van der Waals surface area contributed by atoms with Gasteiger partial charge in [0.25, 0.3) is 0 Å². The highest BCUT2D eigenvalue weighted by molar-refractivity contribution is 7.89. The average Bonchev–Trinajstić information content (AvgIpc) is 2.93. The third-order valence-corrected chi connectivity index (χ3v) is 5.17. The molecule has 0 aliphatic heterocycles. The number of benzene rings is 1. The molecule has 1 heterocycles. The number of nitrogens with zero attached hydrogens (tertiary/aromatic N) is 2. The lowest BCUT2D eigenvalue weighted by Crippen LogP contribution is -2.32. The Kier molecular flexibility index (Phi) is 5.22. The summed E-state index contributed by atoms with van der Waals surface area (Å²) in [5, 5.41) is 11.3. The summed E-state index contributed by atoms with van der Waals surface area (Å²) in [4.78, 5) is 11.9. The molecule has 2 aromatic rings. The van der Waals surface area contributed by atoms with Gasteiger partial charge < -0.3 is 0 Å². The summed E-state index contributed by atoms with van der Waals surface area (Å²) in [7, 11) is -3.71. The van der Waals surface area contributed by atoms with Crippen LogP contribution in [0.15, 0.2) is 29.2 Å². The molecule has 118 valence electrons. The van der Waals surface area contributed by atoms with E-state index in [4.69, 9.17) is 0 Å². The van der Waals surface area contributed by atoms with E-state index in [1.807, 2.05) is 13.8 Å². The molecule has 0 atom stereocenters. The van der Waals surface area contributed by atoms with Gasteiger partial charge >= 0.3 is 0 Å². The molecular weight excluding hydrogens is 324 g/mol. The first-order valence-corrected chi connectivity index (χ1v) is 8.89. The lowest BCUT2D eigenvalue weighted by Gasteiger charge is -2.06. The van der Waals surface area contributed by atoms with Gasteiger partial charge in [0.05, 0.1) is 11.4 Å². The maximum atomic E-state index is 12.0. The fraction of sp³-hybridized carbons (Fsp3) is 0.308. The summed E-state index contributed by atoms with van der Waals surface area (Å²) in [5.41, 5.74) is 0.958. The molecular formula is C13H16N4O3S2. The van der Waals surface area contributed by atoms with Crippen molar-refractivity contribution in [2.75, 3.05) is 11.9 Å². The predicted octanol–water partition coefficient (Wildman–Crippen LogP) is 1.33. The number of sulfonamides is 1. The van der Waals surface area contributed by atoms with Crippen molar-refractivity contribution in [3.8, 4) is 0 Å². The van der Waals surface area contributed by atoms with Crippen LogP contribution in [-0.4, -0.2) is 31.1 Å². The van der Waals surface area contributed by atoms with Gasteiger partial charge in [0.1, 0.15) is 5.01 Å². The summed E-state index contributed by atoms with van der Waals surface area (Å²) >= 11 is 1.26. The van der Waals surface area contributed by atoms with Crippen molar-refractivity contribution in [3.05, 3.63) is 34.8 Å². The van der Waals surface area contributed by atoms with Gasteiger partial charge in [-0.1, -0.05) is 36.0 Å².